The van der Waals surface area contributed by atoms with E-state index in [1.54, 1.807) is 7.11 Å². The largest absolute Gasteiger partial charge is 0.493 e. The molecule has 124 valence electrons. The number of carbonyl (C=O) groups excluding carboxylic acids is 1. The fourth-order valence-corrected chi connectivity index (χ4v) is 2.64. The third-order valence-electron chi connectivity index (χ3n) is 3.88. The lowest BCUT2D eigenvalue weighted by atomic mass is 9.97. The Labute approximate surface area is 138 Å². The number of benzene rings is 1. The summed E-state index contributed by atoms with van der Waals surface area (Å²) in [5, 5.41) is 3.20. The molecule has 1 aliphatic heterocycles. The van der Waals surface area contributed by atoms with Crippen molar-refractivity contribution in [1.82, 2.24) is 10.2 Å². The summed E-state index contributed by atoms with van der Waals surface area (Å²) in [6.07, 6.45) is 2.11. The fourth-order valence-electron chi connectivity index (χ4n) is 2.64. The van der Waals surface area contributed by atoms with Crippen LogP contribution < -0.4 is 14.8 Å². The molecule has 1 amide bonds. The van der Waals surface area contributed by atoms with E-state index in [-0.39, 0.29) is 24.9 Å². The molecule has 1 saturated heterocycles. The number of nitrogens with zero attached hydrogens (tertiary/aromatic N) is 1. The van der Waals surface area contributed by atoms with Crippen LogP contribution in [-0.2, 0) is 4.79 Å². The molecule has 0 bridgehead atoms. The summed E-state index contributed by atoms with van der Waals surface area (Å²) < 4.78 is 10.8. The molecule has 0 atom stereocenters. The second-order valence-corrected chi connectivity index (χ2v) is 5.32. The third kappa shape index (κ3) is 5.07. The number of piperidine rings is 1. The summed E-state index contributed by atoms with van der Waals surface area (Å²) >= 11 is 0. The van der Waals surface area contributed by atoms with Gasteiger partial charge in [0, 0.05) is 13.1 Å². The molecular formula is C16H25ClN2O3. The molecule has 2 rings (SSSR count). The molecular weight excluding hydrogens is 304 g/mol. The van der Waals surface area contributed by atoms with Crippen LogP contribution >= 0.6 is 12.4 Å². The van der Waals surface area contributed by atoms with E-state index in [0.29, 0.717) is 17.4 Å². The van der Waals surface area contributed by atoms with Gasteiger partial charge >= 0.3 is 0 Å². The molecule has 0 radical (unpaired) electrons. The molecule has 0 unspecified atom stereocenters. The number of amides is 1. The van der Waals surface area contributed by atoms with Crippen LogP contribution in [-0.4, -0.2) is 51.2 Å². The Bertz CT molecular complexity index is 462. The highest BCUT2D eigenvalue weighted by Crippen LogP contribution is 2.25. The van der Waals surface area contributed by atoms with Crippen molar-refractivity contribution in [2.45, 2.75) is 12.8 Å². The molecule has 1 aliphatic rings. The van der Waals surface area contributed by atoms with Gasteiger partial charge in [-0.3, -0.25) is 4.79 Å². The first-order chi connectivity index (χ1) is 10.2. The second-order valence-electron chi connectivity index (χ2n) is 5.32. The van der Waals surface area contributed by atoms with Crippen molar-refractivity contribution in [3.63, 3.8) is 0 Å². The highest BCUT2D eigenvalue weighted by molar-refractivity contribution is 5.85. The molecule has 22 heavy (non-hydrogen) atoms. The van der Waals surface area contributed by atoms with Gasteiger partial charge in [0.15, 0.2) is 18.1 Å². The number of nitrogens with one attached hydrogen (secondary N) is 1. The number of halogens is 1. The van der Waals surface area contributed by atoms with Gasteiger partial charge in [0.1, 0.15) is 0 Å². The number of ether oxygens (including phenoxy) is 2. The van der Waals surface area contributed by atoms with Crippen LogP contribution in [0.3, 0.4) is 0 Å². The third-order valence-corrected chi connectivity index (χ3v) is 3.88. The van der Waals surface area contributed by atoms with E-state index >= 15 is 0 Å². The average molecular weight is 329 g/mol. The maximum absolute atomic E-state index is 12.2. The molecule has 0 saturated carbocycles. The van der Waals surface area contributed by atoms with Crippen molar-refractivity contribution in [1.29, 1.82) is 0 Å². The van der Waals surface area contributed by atoms with Gasteiger partial charge in [0.2, 0.25) is 0 Å². The molecule has 1 N–H and O–H groups in total. The summed E-state index contributed by atoms with van der Waals surface area (Å²) in [6, 6.07) is 7.37. The van der Waals surface area contributed by atoms with Crippen molar-refractivity contribution in [3.05, 3.63) is 24.3 Å². The zero-order chi connectivity index (χ0) is 15.1. The lowest BCUT2D eigenvalue weighted by molar-refractivity contribution is -0.134. The Hall–Kier alpha value is -1.46. The Kier molecular flexibility index (Phi) is 8.06. The lowest BCUT2D eigenvalue weighted by Gasteiger charge is -2.31. The van der Waals surface area contributed by atoms with Gasteiger partial charge < -0.3 is 19.7 Å². The zero-order valence-corrected chi connectivity index (χ0v) is 14.0. The summed E-state index contributed by atoms with van der Waals surface area (Å²) in [5.74, 6) is 1.98. The minimum absolute atomic E-state index is 0. The quantitative estimate of drug-likeness (QED) is 0.867. The van der Waals surface area contributed by atoms with Crippen LogP contribution in [0.1, 0.15) is 12.8 Å². The number of para-hydroxylation sites is 2. The molecule has 0 aliphatic carbocycles. The van der Waals surface area contributed by atoms with E-state index < -0.39 is 0 Å². The van der Waals surface area contributed by atoms with Crippen molar-refractivity contribution >= 4 is 18.3 Å². The number of methoxy groups -OCH3 is 1. The van der Waals surface area contributed by atoms with Crippen molar-refractivity contribution < 1.29 is 14.3 Å². The molecule has 0 aromatic heterocycles. The van der Waals surface area contributed by atoms with Crippen molar-refractivity contribution in [2.75, 3.05) is 40.4 Å². The molecule has 6 heteroatoms. The zero-order valence-electron chi connectivity index (χ0n) is 13.2. The van der Waals surface area contributed by atoms with Crippen LogP contribution in [0.15, 0.2) is 24.3 Å². The molecule has 1 fully saturated rings. The molecule has 1 aromatic carbocycles. The monoisotopic (exact) mass is 328 g/mol. The fraction of sp³-hybridized carbons (Fsp3) is 0.562. The van der Waals surface area contributed by atoms with Gasteiger partial charge in [-0.15, -0.1) is 12.4 Å². The first-order valence-corrected chi connectivity index (χ1v) is 7.42. The smallest absolute Gasteiger partial charge is 0.260 e. The first kappa shape index (κ1) is 18.6. The highest BCUT2D eigenvalue weighted by Gasteiger charge is 2.22. The van der Waals surface area contributed by atoms with Crippen LogP contribution in [0.25, 0.3) is 0 Å². The van der Waals surface area contributed by atoms with E-state index in [4.69, 9.17) is 9.47 Å². The highest BCUT2D eigenvalue weighted by atomic mass is 35.5. The van der Waals surface area contributed by atoms with Gasteiger partial charge in [0.05, 0.1) is 7.11 Å². The summed E-state index contributed by atoms with van der Waals surface area (Å²) in [4.78, 5) is 14.1. The lowest BCUT2D eigenvalue weighted by Crippen LogP contribution is -2.42. The van der Waals surface area contributed by atoms with Gasteiger partial charge in [-0.1, -0.05) is 12.1 Å². The predicted molar refractivity (Wildman–Crippen MR) is 89.0 cm³/mol. The SMILES string of the molecule is CNCC1CCN(C(=O)COc2ccccc2OC)CC1.Cl. The predicted octanol–water partition coefficient (Wildman–Crippen LogP) is 1.95. The Balaban J connectivity index is 0.00000242. The Morgan fingerprint density at radius 1 is 1.27 bits per heavy atom. The standard InChI is InChI=1S/C16H24N2O3.ClH/c1-17-11-13-7-9-18(10-8-13)16(19)12-21-15-6-4-3-5-14(15)20-2;/h3-6,13,17H,7-12H2,1-2H3;1H. The number of rotatable bonds is 6. The van der Waals surface area contributed by atoms with Gasteiger partial charge in [-0.2, -0.15) is 0 Å². The summed E-state index contributed by atoms with van der Waals surface area (Å²) in [7, 11) is 3.56. The maximum Gasteiger partial charge on any atom is 0.260 e. The number of hydrogen-bond acceptors (Lipinski definition) is 4. The van der Waals surface area contributed by atoms with Crippen LogP contribution in [0, 0.1) is 5.92 Å². The number of carbonyl (C=O) groups is 1. The first-order valence-electron chi connectivity index (χ1n) is 7.42. The minimum Gasteiger partial charge on any atom is -0.493 e. The average Bonchev–Trinajstić information content (AvgIpc) is 2.54. The van der Waals surface area contributed by atoms with E-state index in [1.165, 1.54) is 0 Å². The number of hydrogen-bond donors (Lipinski definition) is 1. The molecule has 1 aromatic rings. The van der Waals surface area contributed by atoms with E-state index in [1.807, 2.05) is 36.2 Å². The van der Waals surface area contributed by atoms with E-state index in [0.717, 1.165) is 32.5 Å². The maximum atomic E-state index is 12.2. The van der Waals surface area contributed by atoms with Crippen LogP contribution in [0.5, 0.6) is 11.5 Å². The molecule has 5 nitrogen and oxygen atoms in total. The van der Waals surface area contributed by atoms with Crippen LogP contribution in [0.4, 0.5) is 0 Å². The Morgan fingerprint density at radius 2 is 1.91 bits per heavy atom. The minimum atomic E-state index is 0. The normalized spacial score (nSPS) is 15.1. The van der Waals surface area contributed by atoms with Crippen molar-refractivity contribution in [3.8, 4) is 11.5 Å². The number of likely N-dealkylation sites (tertiary alicyclic amines) is 1. The van der Waals surface area contributed by atoms with Gasteiger partial charge in [-0.25, -0.2) is 0 Å². The topological polar surface area (TPSA) is 50.8 Å². The Morgan fingerprint density at radius 3 is 2.50 bits per heavy atom. The van der Waals surface area contributed by atoms with Gasteiger partial charge in [-0.05, 0) is 44.5 Å². The van der Waals surface area contributed by atoms with E-state index in [2.05, 4.69) is 5.32 Å². The molecule has 0 spiro atoms. The van der Waals surface area contributed by atoms with Crippen molar-refractivity contribution in [2.24, 2.45) is 5.92 Å². The van der Waals surface area contributed by atoms with E-state index in [9.17, 15) is 4.79 Å². The summed E-state index contributed by atoms with van der Waals surface area (Å²) in [6.45, 7) is 2.73. The summed E-state index contributed by atoms with van der Waals surface area (Å²) in [5.41, 5.74) is 0. The van der Waals surface area contributed by atoms with Crippen LogP contribution in [0.2, 0.25) is 0 Å². The second kappa shape index (κ2) is 9.54. The van der Waals surface area contributed by atoms with Gasteiger partial charge in [0.25, 0.3) is 5.91 Å². The molecule has 1 heterocycles.